The molecular weight excluding hydrogens is 447 g/mol. The maximum absolute atomic E-state index is 12.4. The molecule has 32 heavy (non-hydrogen) atoms. The SMILES string of the molecule is COc1c(Cl)cc(Cl)cc1/C=C/C(=O)Nc1ccc2oc(-c3ccc(C)c(C)c3)nc2c1. The summed E-state index contributed by atoms with van der Waals surface area (Å²) in [5.41, 5.74) is 5.79. The molecule has 0 aliphatic carbocycles. The molecule has 0 saturated carbocycles. The van der Waals surface area contributed by atoms with E-state index >= 15 is 0 Å². The molecule has 0 atom stereocenters. The summed E-state index contributed by atoms with van der Waals surface area (Å²) in [7, 11) is 1.51. The van der Waals surface area contributed by atoms with Crippen LogP contribution in [0.2, 0.25) is 10.0 Å². The fourth-order valence-electron chi connectivity index (χ4n) is 3.27. The molecule has 1 amide bonds. The lowest BCUT2D eigenvalue weighted by Gasteiger charge is -2.08. The first kappa shape index (κ1) is 21.9. The Bertz CT molecular complexity index is 1360. The first-order chi connectivity index (χ1) is 15.3. The van der Waals surface area contributed by atoms with Gasteiger partial charge in [0.2, 0.25) is 11.8 Å². The standard InChI is InChI=1S/C25H20Cl2N2O3/c1-14-4-5-17(10-15(14)2)25-29-21-13-19(7-8-22(21)32-25)28-23(30)9-6-16-11-18(26)12-20(27)24(16)31-3/h4-13H,1-3H3,(H,28,30)/b9-6+. The zero-order valence-corrected chi connectivity index (χ0v) is 19.2. The predicted molar refractivity (Wildman–Crippen MR) is 130 cm³/mol. The third-order valence-electron chi connectivity index (χ3n) is 5.06. The molecule has 0 spiro atoms. The van der Waals surface area contributed by atoms with Crippen molar-refractivity contribution in [3.05, 3.63) is 81.3 Å². The number of anilines is 1. The number of rotatable bonds is 5. The monoisotopic (exact) mass is 466 g/mol. The normalized spacial score (nSPS) is 11.3. The molecule has 1 N–H and O–H groups in total. The number of ether oxygens (including phenoxy) is 1. The summed E-state index contributed by atoms with van der Waals surface area (Å²) < 4.78 is 11.2. The Hall–Kier alpha value is -3.28. The van der Waals surface area contributed by atoms with E-state index < -0.39 is 0 Å². The maximum atomic E-state index is 12.4. The van der Waals surface area contributed by atoms with Crippen LogP contribution in [-0.2, 0) is 4.79 Å². The van der Waals surface area contributed by atoms with Gasteiger partial charge in [0, 0.05) is 27.9 Å². The smallest absolute Gasteiger partial charge is 0.248 e. The number of carbonyl (C=O) groups is 1. The quantitative estimate of drug-likeness (QED) is 0.319. The van der Waals surface area contributed by atoms with E-state index in [-0.39, 0.29) is 5.91 Å². The number of benzene rings is 3. The van der Waals surface area contributed by atoms with Crippen LogP contribution in [0.4, 0.5) is 5.69 Å². The number of aromatic nitrogens is 1. The van der Waals surface area contributed by atoms with Gasteiger partial charge in [-0.25, -0.2) is 4.98 Å². The van der Waals surface area contributed by atoms with E-state index in [1.165, 1.54) is 24.3 Å². The molecule has 0 aliphatic heterocycles. The van der Waals surface area contributed by atoms with Crippen molar-refractivity contribution in [2.75, 3.05) is 12.4 Å². The first-order valence-electron chi connectivity index (χ1n) is 9.84. The van der Waals surface area contributed by atoms with Crippen LogP contribution < -0.4 is 10.1 Å². The fourth-order valence-corrected chi connectivity index (χ4v) is 3.86. The van der Waals surface area contributed by atoms with Crippen LogP contribution in [0, 0.1) is 13.8 Å². The molecule has 4 rings (SSSR count). The van der Waals surface area contributed by atoms with Gasteiger partial charge in [-0.15, -0.1) is 0 Å². The van der Waals surface area contributed by atoms with Gasteiger partial charge < -0.3 is 14.5 Å². The highest BCUT2D eigenvalue weighted by Crippen LogP contribution is 2.33. The number of methoxy groups -OCH3 is 1. The third kappa shape index (κ3) is 4.64. The molecular formula is C25H20Cl2N2O3. The molecule has 5 nitrogen and oxygen atoms in total. The zero-order valence-electron chi connectivity index (χ0n) is 17.7. The molecule has 1 aromatic heterocycles. The van der Waals surface area contributed by atoms with Crippen molar-refractivity contribution in [3.63, 3.8) is 0 Å². The summed E-state index contributed by atoms with van der Waals surface area (Å²) in [6.07, 6.45) is 2.98. The van der Waals surface area contributed by atoms with E-state index in [0.29, 0.717) is 44.0 Å². The zero-order chi connectivity index (χ0) is 22.8. The molecule has 0 bridgehead atoms. The Balaban J connectivity index is 1.54. The molecule has 3 aromatic carbocycles. The van der Waals surface area contributed by atoms with Gasteiger partial charge in [0.15, 0.2) is 5.58 Å². The van der Waals surface area contributed by atoms with Gasteiger partial charge in [0.1, 0.15) is 11.3 Å². The Morgan fingerprint density at radius 3 is 2.62 bits per heavy atom. The number of halogens is 2. The lowest BCUT2D eigenvalue weighted by Crippen LogP contribution is -2.07. The van der Waals surface area contributed by atoms with Crippen LogP contribution in [0.3, 0.4) is 0 Å². The lowest BCUT2D eigenvalue weighted by atomic mass is 10.1. The Morgan fingerprint density at radius 1 is 1.06 bits per heavy atom. The average molecular weight is 467 g/mol. The second-order valence-corrected chi connectivity index (χ2v) is 8.18. The average Bonchev–Trinajstić information content (AvgIpc) is 3.17. The highest BCUT2D eigenvalue weighted by Gasteiger charge is 2.11. The Kier molecular flexibility index (Phi) is 6.21. The topological polar surface area (TPSA) is 64.4 Å². The molecule has 162 valence electrons. The first-order valence-corrected chi connectivity index (χ1v) is 10.6. The molecule has 0 aliphatic rings. The van der Waals surface area contributed by atoms with Gasteiger partial charge in [0.25, 0.3) is 0 Å². The number of nitrogens with zero attached hydrogens (tertiary/aromatic N) is 1. The van der Waals surface area contributed by atoms with Gasteiger partial charge in [-0.05, 0) is 73.5 Å². The van der Waals surface area contributed by atoms with Crippen LogP contribution in [0.15, 0.2) is 59.0 Å². The number of hydrogen-bond donors (Lipinski definition) is 1. The van der Waals surface area contributed by atoms with Crippen LogP contribution in [0.1, 0.15) is 16.7 Å². The summed E-state index contributed by atoms with van der Waals surface area (Å²) in [6.45, 7) is 4.11. The van der Waals surface area contributed by atoms with Crippen molar-refractivity contribution in [2.24, 2.45) is 0 Å². The van der Waals surface area contributed by atoms with Gasteiger partial charge in [-0.1, -0.05) is 29.3 Å². The minimum atomic E-state index is -0.319. The van der Waals surface area contributed by atoms with E-state index in [4.69, 9.17) is 32.4 Å². The van der Waals surface area contributed by atoms with Crippen molar-refractivity contribution >= 4 is 52.0 Å². The summed E-state index contributed by atoms with van der Waals surface area (Å²) in [4.78, 5) is 17.0. The van der Waals surface area contributed by atoms with E-state index in [0.717, 1.165) is 5.56 Å². The summed E-state index contributed by atoms with van der Waals surface area (Å²) >= 11 is 12.2. The number of oxazole rings is 1. The largest absolute Gasteiger partial charge is 0.495 e. The number of aryl methyl sites for hydroxylation is 2. The maximum Gasteiger partial charge on any atom is 0.248 e. The van der Waals surface area contributed by atoms with Crippen molar-refractivity contribution in [1.82, 2.24) is 4.98 Å². The molecule has 1 heterocycles. The Morgan fingerprint density at radius 2 is 1.88 bits per heavy atom. The van der Waals surface area contributed by atoms with Gasteiger partial charge in [-0.2, -0.15) is 0 Å². The minimum absolute atomic E-state index is 0.319. The van der Waals surface area contributed by atoms with Crippen molar-refractivity contribution in [3.8, 4) is 17.2 Å². The van der Waals surface area contributed by atoms with Crippen LogP contribution in [0.5, 0.6) is 5.75 Å². The minimum Gasteiger partial charge on any atom is -0.495 e. The summed E-state index contributed by atoms with van der Waals surface area (Å²) in [6, 6.07) is 14.6. The highest BCUT2D eigenvalue weighted by atomic mass is 35.5. The molecule has 7 heteroatoms. The molecule has 0 fully saturated rings. The lowest BCUT2D eigenvalue weighted by molar-refractivity contribution is -0.111. The molecule has 4 aromatic rings. The summed E-state index contributed by atoms with van der Waals surface area (Å²) in [5, 5.41) is 3.64. The van der Waals surface area contributed by atoms with Crippen LogP contribution in [-0.4, -0.2) is 18.0 Å². The number of carbonyl (C=O) groups excluding carboxylic acids is 1. The Labute approximate surface area is 195 Å². The van der Waals surface area contributed by atoms with E-state index in [1.54, 1.807) is 36.4 Å². The second-order valence-electron chi connectivity index (χ2n) is 7.33. The van der Waals surface area contributed by atoms with Crippen molar-refractivity contribution < 1.29 is 13.9 Å². The highest BCUT2D eigenvalue weighted by molar-refractivity contribution is 6.36. The van der Waals surface area contributed by atoms with Crippen LogP contribution >= 0.6 is 23.2 Å². The molecule has 0 saturated heterocycles. The van der Waals surface area contributed by atoms with Gasteiger partial charge in [0.05, 0.1) is 12.1 Å². The molecule has 0 radical (unpaired) electrons. The molecule has 0 unspecified atom stereocenters. The number of amides is 1. The number of hydrogen-bond acceptors (Lipinski definition) is 4. The van der Waals surface area contributed by atoms with Crippen molar-refractivity contribution in [1.29, 1.82) is 0 Å². The summed E-state index contributed by atoms with van der Waals surface area (Å²) in [5.74, 6) is 0.666. The van der Waals surface area contributed by atoms with Gasteiger partial charge >= 0.3 is 0 Å². The van der Waals surface area contributed by atoms with Crippen molar-refractivity contribution in [2.45, 2.75) is 13.8 Å². The number of nitrogens with one attached hydrogen (secondary N) is 1. The second kappa shape index (κ2) is 9.07. The van der Waals surface area contributed by atoms with E-state index in [9.17, 15) is 4.79 Å². The fraction of sp³-hybridized carbons (Fsp3) is 0.120. The van der Waals surface area contributed by atoms with Gasteiger partial charge in [-0.3, -0.25) is 4.79 Å². The predicted octanol–water partition coefficient (Wildman–Crippen LogP) is 7.08. The van der Waals surface area contributed by atoms with E-state index in [2.05, 4.69) is 24.1 Å². The third-order valence-corrected chi connectivity index (χ3v) is 5.56. The number of fused-ring (bicyclic) bond motifs is 1. The van der Waals surface area contributed by atoms with E-state index in [1.807, 2.05) is 18.2 Å². The van der Waals surface area contributed by atoms with Crippen LogP contribution in [0.25, 0.3) is 28.6 Å².